The van der Waals surface area contributed by atoms with Gasteiger partial charge < -0.3 is 20.1 Å². The predicted octanol–water partition coefficient (Wildman–Crippen LogP) is 4.76. The molecule has 1 unspecified atom stereocenters. The molecule has 1 aromatic heterocycles. The van der Waals surface area contributed by atoms with Crippen molar-refractivity contribution in [3.05, 3.63) is 70.6 Å². The van der Waals surface area contributed by atoms with Crippen LogP contribution >= 0.6 is 11.6 Å². The number of benzene rings is 2. The fraction of sp³-hybridized carbons (Fsp3) is 0.385. The Hall–Kier alpha value is -3.14. The summed E-state index contributed by atoms with van der Waals surface area (Å²) < 4.78 is 26.5. The summed E-state index contributed by atoms with van der Waals surface area (Å²) >= 11 is 5.86. The molecule has 2 aliphatic rings. The number of hydrogen-bond donors (Lipinski definition) is 3. The van der Waals surface area contributed by atoms with E-state index in [1.807, 2.05) is 30.5 Å². The quantitative estimate of drug-likeness (QED) is 0.440. The third-order valence-corrected chi connectivity index (χ3v) is 6.70. The van der Waals surface area contributed by atoms with Crippen molar-refractivity contribution in [2.24, 2.45) is 10.7 Å². The second-order valence-corrected chi connectivity index (χ2v) is 9.94. The smallest absolute Gasteiger partial charge is 0.201 e. The summed E-state index contributed by atoms with van der Waals surface area (Å²) in [7, 11) is 0. The van der Waals surface area contributed by atoms with Gasteiger partial charge in [-0.15, -0.1) is 0 Å². The number of ether oxygens (including phenoxy) is 2. The molecule has 1 saturated heterocycles. The lowest BCUT2D eigenvalue weighted by molar-refractivity contribution is 0.0817. The van der Waals surface area contributed by atoms with Crippen molar-refractivity contribution in [3.8, 4) is 11.5 Å². The molecule has 1 atom stereocenters. The molecule has 0 saturated carbocycles. The molecule has 36 heavy (non-hydrogen) atoms. The average Bonchev–Trinajstić information content (AvgIpc) is 3.29. The van der Waals surface area contributed by atoms with Gasteiger partial charge in [0.05, 0.1) is 11.2 Å². The Labute approximate surface area is 214 Å². The first-order chi connectivity index (χ1) is 17.3. The molecule has 8 nitrogen and oxygen atoms in total. The largest absolute Gasteiger partial charge is 0.457 e. The monoisotopic (exact) mass is 512 g/mol. The minimum absolute atomic E-state index is 0.0141. The van der Waals surface area contributed by atoms with Crippen molar-refractivity contribution in [2.75, 3.05) is 13.2 Å². The molecule has 190 valence electrons. The summed E-state index contributed by atoms with van der Waals surface area (Å²) in [5.74, 6) is 1.21. The van der Waals surface area contributed by atoms with E-state index in [-0.39, 0.29) is 17.0 Å². The van der Waals surface area contributed by atoms with E-state index in [2.05, 4.69) is 29.6 Å². The molecule has 2 aliphatic heterocycles. The number of nitrogens with zero attached hydrogens (tertiary/aromatic N) is 3. The SMILES string of the molecule is CC(C)c1cnn2c1N=C(NC1CCOCC1)NC2(N)Cc1ccc(Oc2ccc(F)c(Cl)c2)cc1. The van der Waals surface area contributed by atoms with E-state index in [4.69, 9.17) is 31.8 Å². The highest BCUT2D eigenvalue weighted by atomic mass is 35.5. The second-order valence-electron chi connectivity index (χ2n) is 9.53. The van der Waals surface area contributed by atoms with Gasteiger partial charge in [-0.2, -0.15) is 10.1 Å². The zero-order valence-corrected chi connectivity index (χ0v) is 21.1. The Kier molecular flexibility index (Phi) is 6.87. The first-order valence-electron chi connectivity index (χ1n) is 12.1. The molecular formula is C26H30ClFN6O2. The molecule has 1 fully saturated rings. The first-order valence-corrected chi connectivity index (χ1v) is 12.5. The first kappa shape index (κ1) is 24.5. The molecule has 0 aliphatic carbocycles. The fourth-order valence-corrected chi connectivity index (χ4v) is 4.61. The van der Waals surface area contributed by atoms with E-state index in [0.717, 1.165) is 43.0 Å². The third kappa shape index (κ3) is 5.18. The third-order valence-electron chi connectivity index (χ3n) is 6.41. The van der Waals surface area contributed by atoms with Crippen LogP contribution in [0.25, 0.3) is 0 Å². The Bertz CT molecular complexity index is 1260. The molecule has 3 aromatic rings. The maximum Gasteiger partial charge on any atom is 0.201 e. The number of rotatable bonds is 6. The van der Waals surface area contributed by atoms with Crippen molar-refractivity contribution in [1.29, 1.82) is 0 Å². The zero-order chi connectivity index (χ0) is 25.3. The predicted molar refractivity (Wildman–Crippen MR) is 137 cm³/mol. The van der Waals surface area contributed by atoms with Gasteiger partial charge in [0.2, 0.25) is 5.96 Å². The van der Waals surface area contributed by atoms with Gasteiger partial charge in [0.15, 0.2) is 11.6 Å². The number of guanidine groups is 1. The Morgan fingerprint density at radius 1 is 1.22 bits per heavy atom. The lowest BCUT2D eigenvalue weighted by atomic mass is 10.0. The summed E-state index contributed by atoms with van der Waals surface area (Å²) in [5, 5.41) is 11.5. The van der Waals surface area contributed by atoms with Crippen LogP contribution in [-0.4, -0.2) is 35.0 Å². The van der Waals surface area contributed by atoms with E-state index < -0.39 is 11.6 Å². The van der Waals surface area contributed by atoms with E-state index in [0.29, 0.717) is 23.9 Å². The van der Waals surface area contributed by atoms with Gasteiger partial charge in [-0.3, -0.25) is 5.73 Å². The van der Waals surface area contributed by atoms with Crippen molar-refractivity contribution in [2.45, 2.75) is 50.9 Å². The number of nitrogens with two attached hydrogens (primary N) is 1. The zero-order valence-electron chi connectivity index (χ0n) is 20.3. The van der Waals surface area contributed by atoms with E-state index in [1.54, 1.807) is 4.68 Å². The topological polar surface area (TPSA) is 98.7 Å². The molecule has 0 amide bonds. The molecule has 10 heteroatoms. The highest BCUT2D eigenvalue weighted by Gasteiger charge is 2.37. The minimum Gasteiger partial charge on any atom is -0.457 e. The van der Waals surface area contributed by atoms with Gasteiger partial charge >= 0.3 is 0 Å². The molecular weight excluding hydrogens is 483 g/mol. The lowest BCUT2D eigenvalue weighted by Gasteiger charge is -2.38. The maximum absolute atomic E-state index is 13.4. The van der Waals surface area contributed by atoms with Gasteiger partial charge in [-0.1, -0.05) is 37.6 Å². The highest BCUT2D eigenvalue weighted by molar-refractivity contribution is 6.30. The average molecular weight is 513 g/mol. The van der Waals surface area contributed by atoms with Crippen molar-refractivity contribution >= 4 is 23.4 Å². The number of nitrogens with one attached hydrogen (secondary N) is 2. The van der Waals surface area contributed by atoms with Crippen LogP contribution in [0.4, 0.5) is 10.2 Å². The summed E-state index contributed by atoms with van der Waals surface area (Å²) in [6.07, 6.45) is 4.12. The van der Waals surface area contributed by atoms with Crippen LogP contribution in [0.1, 0.15) is 43.7 Å². The Morgan fingerprint density at radius 3 is 2.64 bits per heavy atom. The standard InChI is InChI=1S/C26H30ClFN6O2/c1-16(2)21-15-30-34-24(21)32-25(31-18-9-11-35-12-10-18)33-26(34,29)14-17-3-5-19(6-4-17)36-20-7-8-23(28)22(27)13-20/h3-8,13,15-16,18H,9-12,14,29H2,1-2H3,(H2,31,32,33). The summed E-state index contributed by atoms with van der Waals surface area (Å²) in [6, 6.07) is 12.1. The van der Waals surface area contributed by atoms with Gasteiger partial charge in [0.25, 0.3) is 0 Å². The van der Waals surface area contributed by atoms with Crippen molar-refractivity contribution < 1.29 is 13.9 Å². The molecule has 0 spiro atoms. The van der Waals surface area contributed by atoms with Crippen LogP contribution in [0.5, 0.6) is 11.5 Å². The van der Waals surface area contributed by atoms with E-state index >= 15 is 0 Å². The van der Waals surface area contributed by atoms with Crippen LogP contribution in [0.3, 0.4) is 0 Å². The van der Waals surface area contributed by atoms with Crippen molar-refractivity contribution in [3.63, 3.8) is 0 Å². The van der Waals surface area contributed by atoms with Crippen LogP contribution in [-0.2, 0) is 16.9 Å². The molecule has 0 radical (unpaired) electrons. The summed E-state index contributed by atoms with van der Waals surface area (Å²) in [5.41, 5.74) is 8.99. The molecule has 4 N–H and O–H groups in total. The number of aromatic nitrogens is 2. The van der Waals surface area contributed by atoms with Gasteiger partial charge in [-0.25, -0.2) is 9.07 Å². The van der Waals surface area contributed by atoms with Crippen LogP contribution in [0, 0.1) is 5.82 Å². The van der Waals surface area contributed by atoms with Gasteiger partial charge in [0.1, 0.15) is 17.3 Å². The van der Waals surface area contributed by atoms with E-state index in [9.17, 15) is 4.39 Å². The van der Waals surface area contributed by atoms with Crippen LogP contribution < -0.4 is 21.1 Å². The number of halogens is 2. The van der Waals surface area contributed by atoms with Crippen molar-refractivity contribution in [1.82, 2.24) is 20.4 Å². The van der Waals surface area contributed by atoms with E-state index in [1.165, 1.54) is 18.2 Å². The maximum atomic E-state index is 13.4. The summed E-state index contributed by atoms with van der Waals surface area (Å²) in [4.78, 5) is 4.85. The Balaban J connectivity index is 1.37. The molecule has 5 rings (SSSR count). The molecule has 3 heterocycles. The lowest BCUT2D eigenvalue weighted by Crippen LogP contribution is -2.64. The number of fused-ring (bicyclic) bond motifs is 1. The number of hydrogen-bond acceptors (Lipinski definition) is 7. The normalized spacial score (nSPS) is 20.0. The highest BCUT2D eigenvalue weighted by Crippen LogP contribution is 2.33. The summed E-state index contributed by atoms with van der Waals surface area (Å²) in [6.45, 7) is 5.69. The van der Waals surface area contributed by atoms with Crippen LogP contribution in [0.2, 0.25) is 5.02 Å². The van der Waals surface area contributed by atoms with Gasteiger partial charge in [0, 0.05) is 37.3 Å². The molecule has 2 aromatic carbocycles. The second kappa shape index (κ2) is 10.1. The molecule has 0 bridgehead atoms. The van der Waals surface area contributed by atoms with Crippen LogP contribution in [0.15, 0.2) is 53.7 Å². The number of aliphatic imine (C=N–C) groups is 1. The fourth-order valence-electron chi connectivity index (χ4n) is 4.44. The van der Waals surface area contributed by atoms with Gasteiger partial charge in [-0.05, 0) is 48.6 Å². The minimum atomic E-state index is -1.02. The Morgan fingerprint density at radius 2 is 1.94 bits per heavy atom.